The molecule has 33 heavy (non-hydrogen) atoms. The Labute approximate surface area is 193 Å². The maximum absolute atomic E-state index is 14.0. The van der Waals surface area contributed by atoms with Gasteiger partial charge in [-0.1, -0.05) is 0 Å². The van der Waals surface area contributed by atoms with Gasteiger partial charge in [-0.2, -0.15) is 0 Å². The molecule has 5 rings (SSSR count). The number of piperidine rings is 1. The predicted octanol–water partition coefficient (Wildman–Crippen LogP) is 4.11. The monoisotopic (exact) mass is 477 g/mol. The third-order valence-electron chi connectivity index (χ3n) is 7.14. The topological polar surface area (TPSA) is 72.4 Å². The number of aromatic nitrogens is 2. The van der Waals surface area contributed by atoms with Crippen molar-refractivity contribution in [3.05, 3.63) is 47.3 Å². The first-order valence-electron chi connectivity index (χ1n) is 11.6. The zero-order chi connectivity index (χ0) is 23.2. The molecule has 0 spiro atoms. The van der Waals surface area contributed by atoms with Crippen LogP contribution in [-0.4, -0.2) is 44.3 Å². The van der Waals surface area contributed by atoms with Crippen molar-refractivity contribution in [2.45, 2.75) is 49.5 Å². The normalized spacial score (nSPS) is 23.7. The molecule has 2 atom stereocenters. The molecule has 0 bridgehead atoms. The van der Waals surface area contributed by atoms with Crippen molar-refractivity contribution in [2.75, 3.05) is 30.9 Å². The van der Waals surface area contributed by atoms with Gasteiger partial charge >= 0.3 is 0 Å². The first-order valence-corrected chi connectivity index (χ1v) is 13.5. The summed E-state index contributed by atoms with van der Waals surface area (Å²) >= 11 is 0. The molecule has 0 N–H and O–H groups in total. The molecule has 2 aliphatic carbocycles. The fourth-order valence-corrected chi connectivity index (χ4v) is 5.89. The van der Waals surface area contributed by atoms with Crippen LogP contribution in [0.5, 0.6) is 0 Å². The van der Waals surface area contributed by atoms with E-state index in [1.54, 1.807) is 0 Å². The van der Waals surface area contributed by atoms with Gasteiger partial charge in [0.15, 0.2) is 9.84 Å². The molecule has 2 heterocycles. The summed E-state index contributed by atoms with van der Waals surface area (Å²) < 4.78 is 56.8. The number of anilines is 1. The number of halogens is 2. The Morgan fingerprint density at radius 2 is 1.70 bits per heavy atom. The van der Waals surface area contributed by atoms with Gasteiger partial charge in [-0.15, -0.1) is 0 Å². The quantitative estimate of drug-likeness (QED) is 0.570. The van der Waals surface area contributed by atoms with Crippen molar-refractivity contribution in [3.63, 3.8) is 0 Å². The van der Waals surface area contributed by atoms with Crippen LogP contribution >= 0.6 is 0 Å². The first-order chi connectivity index (χ1) is 15.8. The van der Waals surface area contributed by atoms with E-state index in [4.69, 9.17) is 4.74 Å². The molecule has 2 saturated carbocycles. The van der Waals surface area contributed by atoms with Crippen molar-refractivity contribution in [1.82, 2.24) is 9.97 Å². The van der Waals surface area contributed by atoms with Gasteiger partial charge in [0.1, 0.15) is 16.5 Å². The maximum atomic E-state index is 14.0. The highest BCUT2D eigenvalue weighted by Crippen LogP contribution is 2.48. The number of hydrogen-bond donors (Lipinski definition) is 0. The van der Waals surface area contributed by atoms with Crippen LogP contribution in [0.15, 0.2) is 29.4 Å². The Morgan fingerprint density at radius 3 is 2.27 bits per heavy atom. The van der Waals surface area contributed by atoms with Gasteiger partial charge < -0.3 is 9.64 Å². The Hall–Kier alpha value is -2.13. The summed E-state index contributed by atoms with van der Waals surface area (Å²) in [5.41, 5.74) is 1.56. The molecule has 0 radical (unpaired) electrons. The van der Waals surface area contributed by atoms with Crippen LogP contribution in [0, 0.1) is 29.4 Å². The van der Waals surface area contributed by atoms with Gasteiger partial charge in [0.25, 0.3) is 0 Å². The van der Waals surface area contributed by atoms with Crippen molar-refractivity contribution < 1.29 is 21.9 Å². The summed E-state index contributed by atoms with van der Waals surface area (Å²) in [5.74, 6) is 1.12. The zero-order valence-electron chi connectivity index (χ0n) is 18.7. The highest BCUT2D eigenvalue weighted by Gasteiger charge is 2.43. The lowest BCUT2D eigenvalue weighted by Crippen LogP contribution is -2.35. The smallest absolute Gasteiger partial charge is 0.225 e. The minimum absolute atomic E-state index is 0.0632. The van der Waals surface area contributed by atoms with E-state index in [2.05, 4.69) is 14.9 Å². The first kappa shape index (κ1) is 22.7. The average molecular weight is 478 g/mol. The highest BCUT2D eigenvalue weighted by molar-refractivity contribution is 7.90. The van der Waals surface area contributed by atoms with E-state index < -0.39 is 26.4 Å². The summed E-state index contributed by atoms with van der Waals surface area (Å²) in [5, 5.41) is 0. The summed E-state index contributed by atoms with van der Waals surface area (Å²) in [6.45, 7) is 2.53. The number of hydrogen-bond acceptors (Lipinski definition) is 6. The Balaban J connectivity index is 1.06. The lowest BCUT2D eigenvalue weighted by Gasteiger charge is -2.32. The molecule has 9 heteroatoms. The van der Waals surface area contributed by atoms with Gasteiger partial charge in [0.05, 0.1) is 13.2 Å². The number of nitrogens with zero attached hydrogens (tertiary/aromatic N) is 3. The number of ether oxygens (including phenoxy) is 1. The van der Waals surface area contributed by atoms with Crippen molar-refractivity contribution in [1.29, 1.82) is 0 Å². The van der Waals surface area contributed by atoms with Crippen molar-refractivity contribution in [2.24, 2.45) is 17.8 Å². The van der Waals surface area contributed by atoms with Crippen LogP contribution in [-0.2, 0) is 21.2 Å². The molecular formula is C24H29F2N3O3S. The average Bonchev–Trinajstić information content (AvgIpc) is 3.67. The molecule has 3 aliphatic rings. The largest absolute Gasteiger partial charge is 0.376 e. The van der Waals surface area contributed by atoms with Crippen LogP contribution in [0.4, 0.5) is 14.7 Å². The molecule has 0 amide bonds. The van der Waals surface area contributed by atoms with Gasteiger partial charge in [-0.05, 0) is 79.0 Å². The minimum atomic E-state index is -3.95. The molecular weight excluding hydrogens is 448 g/mol. The van der Waals surface area contributed by atoms with E-state index in [1.807, 2.05) is 12.4 Å². The van der Waals surface area contributed by atoms with E-state index in [-0.39, 0.29) is 6.61 Å². The summed E-state index contributed by atoms with van der Waals surface area (Å²) in [6, 6.07) is 2.08. The van der Waals surface area contributed by atoms with Crippen molar-refractivity contribution >= 4 is 15.8 Å². The molecule has 3 fully saturated rings. The van der Waals surface area contributed by atoms with Gasteiger partial charge in [-0.3, -0.25) is 0 Å². The van der Waals surface area contributed by atoms with E-state index in [9.17, 15) is 17.2 Å². The second-order valence-electron chi connectivity index (χ2n) is 9.75. The van der Waals surface area contributed by atoms with Gasteiger partial charge in [0, 0.05) is 31.7 Å². The molecule has 1 saturated heterocycles. The summed E-state index contributed by atoms with van der Waals surface area (Å²) in [4.78, 5) is 10.5. The fraction of sp³-hybridized carbons (Fsp3) is 0.583. The van der Waals surface area contributed by atoms with Gasteiger partial charge in [-0.25, -0.2) is 27.2 Å². The van der Waals surface area contributed by atoms with E-state index >= 15 is 0 Å². The number of sulfone groups is 1. The third-order valence-corrected chi connectivity index (χ3v) is 8.27. The van der Waals surface area contributed by atoms with Crippen LogP contribution < -0.4 is 4.90 Å². The SMILES string of the molecule is CS(=O)(=O)c1c(F)cc(COC[C@@H]2C[C@@H]2C2CCN(c3ncc(C4CC4)cn3)CC2)cc1F. The standard InChI is InChI=1S/C24H29F2N3O3S/c1-33(30,31)23-21(25)8-15(9-22(23)26)13-32-14-18-10-20(18)17-4-6-29(7-5-17)24-27-11-19(12-28-24)16-2-3-16/h8-9,11-12,16-18,20H,2-7,10,13-14H2,1H3/t18-,20+/m0/s1. The second kappa shape index (κ2) is 8.91. The van der Waals surface area contributed by atoms with E-state index in [0.717, 1.165) is 56.7 Å². The number of benzene rings is 1. The molecule has 1 aliphatic heterocycles. The molecule has 178 valence electrons. The fourth-order valence-electron chi connectivity index (χ4n) is 5.07. The van der Waals surface area contributed by atoms with E-state index in [0.29, 0.717) is 35.8 Å². The molecule has 1 aromatic heterocycles. The maximum Gasteiger partial charge on any atom is 0.225 e. The lowest BCUT2D eigenvalue weighted by atomic mass is 9.91. The lowest BCUT2D eigenvalue weighted by molar-refractivity contribution is 0.103. The van der Waals surface area contributed by atoms with E-state index in [1.165, 1.54) is 18.4 Å². The van der Waals surface area contributed by atoms with Gasteiger partial charge in [0.2, 0.25) is 5.95 Å². The van der Waals surface area contributed by atoms with Crippen LogP contribution in [0.3, 0.4) is 0 Å². The molecule has 2 aromatic rings. The minimum Gasteiger partial charge on any atom is -0.376 e. The molecule has 1 aromatic carbocycles. The third kappa shape index (κ3) is 5.19. The summed E-state index contributed by atoms with van der Waals surface area (Å²) in [6.07, 6.45) is 10.6. The Morgan fingerprint density at radius 1 is 1.06 bits per heavy atom. The predicted molar refractivity (Wildman–Crippen MR) is 120 cm³/mol. The van der Waals surface area contributed by atoms with Crippen molar-refractivity contribution in [3.8, 4) is 0 Å². The molecule has 6 nitrogen and oxygen atoms in total. The Kier molecular flexibility index (Phi) is 6.11. The van der Waals surface area contributed by atoms with Crippen LogP contribution in [0.1, 0.15) is 49.1 Å². The molecule has 0 unspecified atom stereocenters. The van der Waals surface area contributed by atoms with Crippen LogP contribution in [0.25, 0.3) is 0 Å². The highest BCUT2D eigenvalue weighted by atomic mass is 32.2. The Bertz CT molecular complexity index is 1090. The summed E-state index contributed by atoms with van der Waals surface area (Å²) in [7, 11) is -3.95. The second-order valence-corrected chi connectivity index (χ2v) is 11.7. The van der Waals surface area contributed by atoms with Crippen LogP contribution in [0.2, 0.25) is 0 Å². The number of rotatable bonds is 8. The zero-order valence-corrected chi connectivity index (χ0v) is 19.5.